The Kier molecular flexibility index (Phi) is 3.10. The van der Waals surface area contributed by atoms with Gasteiger partial charge in [0, 0.05) is 6.20 Å². The number of hydrogen-bond acceptors (Lipinski definition) is 3. The highest BCUT2D eigenvalue weighted by atomic mass is 127. The third kappa shape index (κ3) is 1.60. The van der Waals surface area contributed by atoms with Crippen LogP contribution in [0.2, 0.25) is 0 Å². The van der Waals surface area contributed by atoms with Crippen LogP contribution >= 0.6 is 24.0 Å². The van der Waals surface area contributed by atoms with Crippen molar-refractivity contribution in [2.45, 2.75) is 18.4 Å². The number of nitrogens with one attached hydrogen (secondary N) is 1. The highest BCUT2D eigenvalue weighted by Crippen LogP contribution is 2.85. The van der Waals surface area contributed by atoms with E-state index in [1.54, 1.807) is 6.20 Å². The Labute approximate surface area is 158 Å². The van der Waals surface area contributed by atoms with E-state index in [9.17, 15) is 5.11 Å². The SMILES string of the molecule is I.NC(=NCC1(O)C2C3CC4C5C3CC2C5C41)Nc1ccccn1. The predicted octanol–water partition coefficient (Wildman–Crippen LogP) is 1.94. The van der Waals surface area contributed by atoms with Crippen molar-refractivity contribution < 1.29 is 5.11 Å². The number of pyridine rings is 1. The van der Waals surface area contributed by atoms with E-state index in [0.717, 1.165) is 35.5 Å². The molecule has 24 heavy (non-hydrogen) atoms. The molecule has 1 aromatic heterocycles. The van der Waals surface area contributed by atoms with Crippen molar-refractivity contribution in [1.82, 2.24) is 4.98 Å². The minimum absolute atomic E-state index is 0. The molecule has 6 rings (SSSR count). The Morgan fingerprint density at radius 2 is 2.00 bits per heavy atom. The molecule has 9 atom stereocenters. The van der Waals surface area contributed by atoms with Crippen LogP contribution in [0.3, 0.4) is 0 Å². The summed E-state index contributed by atoms with van der Waals surface area (Å²) < 4.78 is 0. The van der Waals surface area contributed by atoms with Crippen LogP contribution in [0.25, 0.3) is 0 Å². The average molecular weight is 438 g/mol. The Bertz CT molecular complexity index is 706. The van der Waals surface area contributed by atoms with Gasteiger partial charge in [-0.15, -0.1) is 24.0 Å². The fraction of sp³-hybridized carbons (Fsp3) is 0.667. The van der Waals surface area contributed by atoms with E-state index in [0.29, 0.717) is 30.2 Å². The van der Waals surface area contributed by atoms with Crippen molar-refractivity contribution in [3.63, 3.8) is 0 Å². The first kappa shape index (κ1) is 15.4. The molecule has 6 heteroatoms. The monoisotopic (exact) mass is 438 g/mol. The second kappa shape index (κ2) is 4.84. The maximum Gasteiger partial charge on any atom is 0.194 e. The van der Waals surface area contributed by atoms with Gasteiger partial charge in [-0.3, -0.25) is 4.99 Å². The number of aliphatic imine (C=N–C) groups is 1. The van der Waals surface area contributed by atoms with Crippen LogP contribution in [0.15, 0.2) is 29.4 Å². The number of nitrogens with zero attached hydrogens (tertiary/aromatic N) is 2. The topological polar surface area (TPSA) is 83.5 Å². The highest BCUT2D eigenvalue weighted by Gasteiger charge is 2.84. The van der Waals surface area contributed by atoms with Gasteiger partial charge in [-0.25, -0.2) is 4.98 Å². The lowest BCUT2D eigenvalue weighted by Gasteiger charge is -2.51. The maximum absolute atomic E-state index is 11.5. The van der Waals surface area contributed by atoms with E-state index in [-0.39, 0.29) is 24.0 Å². The predicted molar refractivity (Wildman–Crippen MR) is 102 cm³/mol. The van der Waals surface area contributed by atoms with Crippen molar-refractivity contribution >= 4 is 35.8 Å². The Hall–Kier alpha value is -0.890. The average Bonchev–Trinajstić information content (AvgIpc) is 3.05. The van der Waals surface area contributed by atoms with Crippen molar-refractivity contribution in [2.75, 3.05) is 11.9 Å². The van der Waals surface area contributed by atoms with Crippen LogP contribution in [-0.4, -0.2) is 28.2 Å². The molecule has 5 saturated carbocycles. The highest BCUT2D eigenvalue weighted by molar-refractivity contribution is 14.0. The molecule has 0 amide bonds. The lowest BCUT2D eigenvalue weighted by molar-refractivity contribution is -0.123. The summed E-state index contributed by atoms with van der Waals surface area (Å²) in [5.41, 5.74) is 5.42. The summed E-state index contributed by atoms with van der Waals surface area (Å²) in [5, 5.41) is 14.5. The molecule has 5 nitrogen and oxygen atoms in total. The van der Waals surface area contributed by atoms with Crippen molar-refractivity contribution in [3.8, 4) is 0 Å². The van der Waals surface area contributed by atoms with Crippen LogP contribution in [0.1, 0.15) is 12.8 Å². The third-order valence-corrected chi connectivity index (χ3v) is 7.94. The van der Waals surface area contributed by atoms with E-state index in [4.69, 9.17) is 5.73 Å². The summed E-state index contributed by atoms with van der Waals surface area (Å²) >= 11 is 0. The van der Waals surface area contributed by atoms with Gasteiger partial charge < -0.3 is 16.2 Å². The minimum Gasteiger partial charge on any atom is -0.387 e. The second-order valence-corrected chi connectivity index (χ2v) is 8.37. The van der Waals surface area contributed by atoms with Gasteiger partial charge in [-0.2, -0.15) is 0 Å². The second-order valence-electron chi connectivity index (χ2n) is 8.37. The lowest BCUT2D eigenvalue weighted by atomic mass is 9.56. The zero-order valence-electron chi connectivity index (χ0n) is 13.4. The number of hydrogen-bond donors (Lipinski definition) is 3. The number of nitrogens with two attached hydrogens (primary N) is 1. The summed E-state index contributed by atoms with van der Waals surface area (Å²) in [5.74, 6) is 7.06. The van der Waals surface area contributed by atoms with Crippen LogP contribution in [0.4, 0.5) is 5.82 Å². The molecule has 0 aliphatic heterocycles. The Balaban J connectivity index is 0.00000131. The maximum atomic E-state index is 11.5. The molecule has 5 aliphatic carbocycles. The normalized spacial score (nSPS) is 51.6. The van der Waals surface area contributed by atoms with E-state index < -0.39 is 5.60 Å². The van der Waals surface area contributed by atoms with Crippen molar-refractivity contribution in [2.24, 2.45) is 58.1 Å². The summed E-state index contributed by atoms with van der Waals surface area (Å²) in [4.78, 5) is 8.71. The first-order valence-electron chi connectivity index (χ1n) is 8.89. The molecular weight excluding hydrogens is 415 g/mol. The summed E-state index contributed by atoms with van der Waals surface area (Å²) in [7, 11) is 0. The zero-order chi connectivity index (χ0) is 15.3. The Morgan fingerprint density at radius 3 is 2.79 bits per heavy atom. The molecule has 0 spiro atoms. The van der Waals surface area contributed by atoms with Crippen molar-refractivity contribution in [1.29, 1.82) is 0 Å². The van der Waals surface area contributed by atoms with Gasteiger partial charge in [-0.1, -0.05) is 6.07 Å². The molecule has 1 heterocycles. The van der Waals surface area contributed by atoms with Gasteiger partial charge in [0.2, 0.25) is 0 Å². The van der Waals surface area contributed by atoms with Gasteiger partial charge in [0.1, 0.15) is 5.82 Å². The molecule has 0 aromatic carbocycles. The summed E-state index contributed by atoms with van der Waals surface area (Å²) in [6.45, 7) is 0.452. The molecule has 9 unspecified atom stereocenters. The number of halogens is 1. The number of anilines is 1. The molecule has 5 aliphatic rings. The molecule has 2 bridgehead atoms. The van der Waals surface area contributed by atoms with Crippen LogP contribution in [0.5, 0.6) is 0 Å². The van der Waals surface area contributed by atoms with Gasteiger partial charge in [0.05, 0.1) is 12.1 Å². The molecular formula is C18H23IN4O. The minimum atomic E-state index is -0.596. The third-order valence-electron chi connectivity index (χ3n) is 7.94. The van der Waals surface area contributed by atoms with Gasteiger partial charge in [0.15, 0.2) is 5.96 Å². The van der Waals surface area contributed by atoms with E-state index in [1.165, 1.54) is 12.8 Å². The number of aliphatic hydroxyl groups is 1. The molecule has 0 saturated heterocycles. The first-order chi connectivity index (χ1) is 11.2. The van der Waals surface area contributed by atoms with Crippen LogP contribution in [0, 0.1) is 47.3 Å². The summed E-state index contributed by atoms with van der Waals surface area (Å²) in [6, 6.07) is 5.64. The fourth-order valence-corrected chi connectivity index (χ4v) is 7.75. The van der Waals surface area contributed by atoms with E-state index in [2.05, 4.69) is 15.3 Å². The molecule has 0 radical (unpaired) electrons. The Morgan fingerprint density at radius 1 is 1.21 bits per heavy atom. The lowest BCUT2D eigenvalue weighted by Crippen LogP contribution is -2.56. The van der Waals surface area contributed by atoms with E-state index in [1.807, 2.05) is 18.2 Å². The molecule has 5 fully saturated rings. The largest absolute Gasteiger partial charge is 0.387 e. The molecule has 4 N–H and O–H groups in total. The number of rotatable bonds is 3. The first-order valence-corrected chi connectivity index (χ1v) is 8.89. The molecule has 128 valence electrons. The number of aromatic nitrogens is 1. The standard InChI is InChI=1S/C18H22N4O.HI/c19-17(22-12-3-1-2-4-20-12)21-7-18(23)15-9-6-10-13-8(9)5-11(15)14(13)16(10)18;/h1-4,8-11,13-16,23H,5-7H2,(H3,19,20,21,22);1H. The van der Waals surface area contributed by atoms with Gasteiger partial charge >= 0.3 is 0 Å². The van der Waals surface area contributed by atoms with Gasteiger partial charge in [0.25, 0.3) is 0 Å². The fourth-order valence-electron chi connectivity index (χ4n) is 7.75. The van der Waals surface area contributed by atoms with E-state index >= 15 is 0 Å². The van der Waals surface area contributed by atoms with Crippen LogP contribution < -0.4 is 11.1 Å². The van der Waals surface area contributed by atoms with Gasteiger partial charge in [-0.05, 0) is 72.3 Å². The quantitative estimate of drug-likeness (QED) is 0.383. The van der Waals surface area contributed by atoms with Crippen molar-refractivity contribution in [3.05, 3.63) is 24.4 Å². The number of guanidine groups is 1. The summed E-state index contributed by atoms with van der Waals surface area (Å²) in [6.07, 6.45) is 4.48. The smallest absolute Gasteiger partial charge is 0.194 e. The number of fused-ring (bicyclic) bond motifs is 2. The van der Waals surface area contributed by atoms with Crippen LogP contribution in [-0.2, 0) is 0 Å². The zero-order valence-corrected chi connectivity index (χ0v) is 15.7. The molecule has 1 aromatic rings.